The molecule has 1 aromatic heterocycles. The van der Waals surface area contributed by atoms with E-state index in [0.717, 1.165) is 25.1 Å². The van der Waals surface area contributed by atoms with Crippen LogP contribution in [0, 0.1) is 18.7 Å². The van der Waals surface area contributed by atoms with E-state index in [9.17, 15) is 4.39 Å². The Morgan fingerprint density at radius 3 is 2.95 bits per heavy atom. The number of halogens is 1. The van der Waals surface area contributed by atoms with E-state index in [1.165, 1.54) is 6.07 Å². The Labute approximate surface area is 123 Å². The molecule has 0 saturated carbocycles. The summed E-state index contributed by atoms with van der Waals surface area (Å²) in [7, 11) is 0. The number of anilines is 1. The SMILES string of the molecule is Cc1ccc(-c2nc(N3CCC(C)C(N)C3)n[nH]2)c(F)c1. The second kappa shape index (κ2) is 5.44. The van der Waals surface area contributed by atoms with Gasteiger partial charge in [0.2, 0.25) is 5.95 Å². The molecule has 3 rings (SSSR count). The van der Waals surface area contributed by atoms with Crippen LogP contribution in [-0.4, -0.2) is 34.3 Å². The maximum Gasteiger partial charge on any atom is 0.245 e. The molecule has 0 radical (unpaired) electrons. The Morgan fingerprint density at radius 2 is 2.24 bits per heavy atom. The molecule has 1 aliphatic heterocycles. The number of piperidine rings is 1. The highest BCUT2D eigenvalue weighted by Gasteiger charge is 2.25. The van der Waals surface area contributed by atoms with Crippen molar-refractivity contribution >= 4 is 5.95 Å². The van der Waals surface area contributed by atoms with E-state index in [-0.39, 0.29) is 11.9 Å². The Morgan fingerprint density at radius 1 is 1.43 bits per heavy atom. The molecular weight excluding hydrogens is 269 g/mol. The summed E-state index contributed by atoms with van der Waals surface area (Å²) in [5, 5.41) is 7.03. The number of benzene rings is 1. The zero-order valence-electron chi connectivity index (χ0n) is 12.3. The number of hydrogen-bond donors (Lipinski definition) is 2. The van der Waals surface area contributed by atoms with Crippen molar-refractivity contribution in [1.29, 1.82) is 0 Å². The molecule has 6 heteroatoms. The van der Waals surface area contributed by atoms with E-state index < -0.39 is 0 Å². The highest BCUT2D eigenvalue weighted by Crippen LogP contribution is 2.24. The number of rotatable bonds is 2. The van der Waals surface area contributed by atoms with Crippen LogP contribution >= 0.6 is 0 Å². The summed E-state index contributed by atoms with van der Waals surface area (Å²) in [6.07, 6.45) is 1.02. The zero-order valence-corrected chi connectivity index (χ0v) is 12.3. The molecule has 0 spiro atoms. The van der Waals surface area contributed by atoms with Crippen LogP contribution in [0.5, 0.6) is 0 Å². The van der Waals surface area contributed by atoms with E-state index in [1.54, 1.807) is 6.07 Å². The van der Waals surface area contributed by atoms with Gasteiger partial charge in [0.15, 0.2) is 5.82 Å². The lowest BCUT2D eigenvalue weighted by Gasteiger charge is -2.34. The Bertz CT molecular complexity index is 639. The van der Waals surface area contributed by atoms with Crippen LogP contribution in [0.1, 0.15) is 18.9 Å². The third-order valence-electron chi connectivity index (χ3n) is 4.15. The monoisotopic (exact) mass is 289 g/mol. The van der Waals surface area contributed by atoms with Crippen LogP contribution in [0.15, 0.2) is 18.2 Å². The van der Waals surface area contributed by atoms with Gasteiger partial charge in [0.05, 0.1) is 5.56 Å². The minimum atomic E-state index is -0.290. The first kappa shape index (κ1) is 14.0. The van der Waals surface area contributed by atoms with Crippen LogP contribution in [-0.2, 0) is 0 Å². The Hall–Kier alpha value is -1.95. The topological polar surface area (TPSA) is 70.8 Å². The van der Waals surface area contributed by atoms with E-state index in [4.69, 9.17) is 5.73 Å². The largest absolute Gasteiger partial charge is 0.338 e. The molecule has 2 heterocycles. The van der Waals surface area contributed by atoms with Gasteiger partial charge in [-0.2, -0.15) is 4.98 Å². The minimum absolute atomic E-state index is 0.122. The predicted molar refractivity (Wildman–Crippen MR) is 80.5 cm³/mol. The van der Waals surface area contributed by atoms with Gasteiger partial charge in [0.25, 0.3) is 0 Å². The van der Waals surface area contributed by atoms with E-state index in [1.807, 2.05) is 13.0 Å². The van der Waals surface area contributed by atoms with E-state index >= 15 is 0 Å². The number of H-pyrrole nitrogens is 1. The van der Waals surface area contributed by atoms with E-state index in [2.05, 4.69) is 27.0 Å². The first-order valence-electron chi connectivity index (χ1n) is 7.24. The van der Waals surface area contributed by atoms with Gasteiger partial charge in [-0.1, -0.05) is 13.0 Å². The molecule has 5 nitrogen and oxygen atoms in total. The summed E-state index contributed by atoms with van der Waals surface area (Å²) >= 11 is 0. The molecule has 112 valence electrons. The van der Waals surface area contributed by atoms with Gasteiger partial charge in [-0.25, -0.2) is 4.39 Å². The molecule has 0 aliphatic carbocycles. The van der Waals surface area contributed by atoms with Gasteiger partial charge in [-0.3, -0.25) is 5.10 Å². The van der Waals surface area contributed by atoms with Gasteiger partial charge in [0, 0.05) is 19.1 Å². The lowest BCUT2D eigenvalue weighted by atomic mass is 9.95. The van der Waals surface area contributed by atoms with Crippen molar-refractivity contribution < 1.29 is 4.39 Å². The van der Waals surface area contributed by atoms with Crippen LogP contribution < -0.4 is 10.6 Å². The number of nitrogens with zero attached hydrogens (tertiary/aromatic N) is 3. The fourth-order valence-electron chi connectivity index (χ4n) is 2.61. The third kappa shape index (κ3) is 2.76. The average Bonchev–Trinajstić information content (AvgIpc) is 2.91. The molecule has 21 heavy (non-hydrogen) atoms. The summed E-state index contributed by atoms with van der Waals surface area (Å²) in [5.74, 6) is 1.26. The number of aromatic nitrogens is 3. The number of nitrogens with two attached hydrogens (primary N) is 1. The molecule has 2 atom stereocenters. The highest BCUT2D eigenvalue weighted by atomic mass is 19.1. The maximum absolute atomic E-state index is 14.0. The second-order valence-corrected chi connectivity index (χ2v) is 5.84. The van der Waals surface area contributed by atoms with Crippen molar-refractivity contribution in [3.63, 3.8) is 0 Å². The van der Waals surface area contributed by atoms with Crippen LogP contribution in [0.2, 0.25) is 0 Å². The van der Waals surface area contributed by atoms with Gasteiger partial charge in [-0.15, -0.1) is 5.10 Å². The van der Waals surface area contributed by atoms with Crippen molar-refractivity contribution in [2.45, 2.75) is 26.3 Å². The molecule has 3 N–H and O–H groups in total. The molecule has 2 aromatic rings. The third-order valence-corrected chi connectivity index (χ3v) is 4.15. The normalized spacial score (nSPS) is 22.6. The summed E-state index contributed by atoms with van der Waals surface area (Å²) in [5.41, 5.74) is 7.42. The molecule has 1 fully saturated rings. The van der Waals surface area contributed by atoms with Gasteiger partial charge < -0.3 is 10.6 Å². The van der Waals surface area contributed by atoms with Crippen LogP contribution in [0.3, 0.4) is 0 Å². The lowest BCUT2D eigenvalue weighted by molar-refractivity contribution is 0.376. The van der Waals surface area contributed by atoms with Crippen LogP contribution in [0.25, 0.3) is 11.4 Å². The second-order valence-electron chi connectivity index (χ2n) is 5.84. The quantitative estimate of drug-likeness (QED) is 0.888. The molecule has 1 saturated heterocycles. The van der Waals surface area contributed by atoms with Gasteiger partial charge in [-0.05, 0) is 37.0 Å². The van der Waals surface area contributed by atoms with Crippen LogP contribution in [0.4, 0.5) is 10.3 Å². The van der Waals surface area contributed by atoms with Crippen molar-refractivity contribution in [3.05, 3.63) is 29.6 Å². The van der Waals surface area contributed by atoms with Gasteiger partial charge in [0.1, 0.15) is 5.82 Å². The molecule has 1 aromatic carbocycles. The van der Waals surface area contributed by atoms with Gasteiger partial charge >= 0.3 is 0 Å². The summed E-state index contributed by atoms with van der Waals surface area (Å²) in [4.78, 5) is 6.47. The molecule has 0 amide bonds. The molecular formula is C15H20FN5. The molecule has 0 bridgehead atoms. The first-order chi connectivity index (χ1) is 10.0. The summed E-state index contributed by atoms with van der Waals surface area (Å²) in [6, 6.07) is 5.20. The average molecular weight is 289 g/mol. The Balaban J connectivity index is 1.83. The lowest BCUT2D eigenvalue weighted by Crippen LogP contribution is -2.48. The molecule has 1 aliphatic rings. The Kier molecular flexibility index (Phi) is 3.63. The fraction of sp³-hybridized carbons (Fsp3) is 0.467. The van der Waals surface area contributed by atoms with Crippen molar-refractivity contribution in [3.8, 4) is 11.4 Å². The number of aryl methyl sites for hydroxylation is 1. The smallest absolute Gasteiger partial charge is 0.245 e. The first-order valence-corrected chi connectivity index (χ1v) is 7.24. The fourth-order valence-corrected chi connectivity index (χ4v) is 2.61. The summed E-state index contributed by atoms with van der Waals surface area (Å²) in [6.45, 7) is 5.62. The number of nitrogens with one attached hydrogen (secondary N) is 1. The van der Waals surface area contributed by atoms with Crippen molar-refractivity contribution in [1.82, 2.24) is 15.2 Å². The maximum atomic E-state index is 14.0. The van der Waals surface area contributed by atoms with Crippen molar-refractivity contribution in [2.75, 3.05) is 18.0 Å². The molecule has 2 unspecified atom stereocenters. The zero-order chi connectivity index (χ0) is 15.0. The van der Waals surface area contributed by atoms with E-state index in [0.29, 0.717) is 23.3 Å². The number of hydrogen-bond acceptors (Lipinski definition) is 4. The minimum Gasteiger partial charge on any atom is -0.338 e. The highest BCUT2D eigenvalue weighted by molar-refractivity contribution is 5.57. The number of aromatic amines is 1. The van der Waals surface area contributed by atoms with Crippen molar-refractivity contribution in [2.24, 2.45) is 11.7 Å². The summed E-state index contributed by atoms with van der Waals surface area (Å²) < 4.78 is 14.0. The standard InChI is InChI=1S/C15H20FN5/c1-9-3-4-11(12(16)7-9)14-18-15(20-19-14)21-6-5-10(2)13(17)8-21/h3-4,7,10,13H,5-6,8,17H2,1-2H3,(H,18,19,20). The predicted octanol–water partition coefficient (Wildman–Crippen LogP) is 2.09.